The molecule has 33 heteroatoms. The molecule has 2 aliphatic heterocycles. The monoisotopic (exact) mass is 1300 g/mol. The van der Waals surface area contributed by atoms with Gasteiger partial charge in [-0.05, 0) is 46.5 Å². The highest BCUT2D eigenvalue weighted by Crippen LogP contribution is 2.29. The van der Waals surface area contributed by atoms with Crippen LogP contribution in [0.4, 0.5) is 0 Å². The summed E-state index contributed by atoms with van der Waals surface area (Å²) >= 11 is 0. The summed E-state index contributed by atoms with van der Waals surface area (Å²) in [6.07, 6.45) is -14.3. The maximum Gasteiger partial charge on any atom is 0.222 e. The van der Waals surface area contributed by atoms with Gasteiger partial charge in [0.25, 0.3) is 0 Å². The lowest BCUT2D eigenvalue weighted by Gasteiger charge is -2.42. The molecule has 3 fully saturated rings. The summed E-state index contributed by atoms with van der Waals surface area (Å²) in [6.45, 7) is 6.34. The van der Waals surface area contributed by atoms with Crippen molar-refractivity contribution in [1.82, 2.24) is 37.2 Å². The van der Waals surface area contributed by atoms with E-state index >= 15 is 0 Å². The predicted octanol–water partition coefficient (Wildman–Crippen LogP) is -6.32. The molecule has 7 amide bonds. The average molecular weight is 1300 g/mol. The fourth-order valence-corrected chi connectivity index (χ4v) is 9.83. The number of hydrogen-bond acceptors (Lipinski definition) is 26. The Labute approximate surface area is 523 Å². The van der Waals surface area contributed by atoms with Gasteiger partial charge >= 0.3 is 0 Å². The molecule has 0 aromatic rings. The van der Waals surface area contributed by atoms with Crippen molar-refractivity contribution >= 4 is 47.1 Å². The van der Waals surface area contributed by atoms with Gasteiger partial charge in [-0.1, -0.05) is 0 Å². The second-order valence-electron chi connectivity index (χ2n) is 23.5. The number of nitrogens with one attached hydrogen (secondary N) is 7. The first-order valence-electron chi connectivity index (χ1n) is 30.5. The van der Waals surface area contributed by atoms with E-state index in [0.29, 0.717) is 6.42 Å². The quantitative estimate of drug-likeness (QED) is 0.0253. The van der Waals surface area contributed by atoms with Crippen LogP contribution in [0.15, 0.2) is 0 Å². The largest absolute Gasteiger partial charge is 0.396 e. The fraction of sp³-hybridized carbons (Fsp3) is 0.860. The molecule has 0 spiro atoms. The number of amides is 7. The minimum atomic E-state index is -1.55. The third-order valence-electron chi connectivity index (χ3n) is 14.6. The lowest BCUT2D eigenvalue weighted by Crippen LogP contribution is -2.64. The van der Waals surface area contributed by atoms with Gasteiger partial charge in [-0.25, -0.2) is 0 Å². The van der Waals surface area contributed by atoms with Crippen molar-refractivity contribution in [2.75, 3.05) is 106 Å². The van der Waals surface area contributed by atoms with Crippen LogP contribution in [0.2, 0.25) is 0 Å². The molecule has 0 radical (unpaired) electrons. The molecule has 0 bridgehead atoms. The van der Waals surface area contributed by atoms with Crippen LogP contribution < -0.4 is 37.2 Å². The average Bonchev–Trinajstić information content (AvgIpc) is 1.38. The van der Waals surface area contributed by atoms with Crippen molar-refractivity contribution in [3.8, 4) is 0 Å². The Balaban J connectivity index is 1.67. The molecule has 16 N–H and O–H groups in total. The van der Waals surface area contributed by atoms with Crippen molar-refractivity contribution in [1.29, 1.82) is 0 Å². The molecule has 33 nitrogen and oxygen atoms in total. The Morgan fingerprint density at radius 2 is 0.856 bits per heavy atom. The highest BCUT2D eigenvalue weighted by molar-refractivity contribution is 5.85. The van der Waals surface area contributed by atoms with Gasteiger partial charge in [-0.15, -0.1) is 0 Å². The van der Waals surface area contributed by atoms with Crippen molar-refractivity contribution in [3.05, 3.63) is 0 Å². The predicted molar refractivity (Wildman–Crippen MR) is 312 cm³/mol. The summed E-state index contributed by atoms with van der Waals surface area (Å²) in [6, 6.07) is -3.24. The molecule has 90 heavy (non-hydrogen) atoms. The smallest absolute Gasteiger partial charge is 0.222 e. The normalized spacial score (nSPS) is 27.6. The standard InChI is InChI=1S/C57H101N7O26/c1-33(68)61-45-38(26-36(27-65)48(76)51(45)79)85-19-7-16-58-41(72)13-22-82-30-57(64-44(75)11-10-37(71)12-25-88-56(4,5)6,31-83-23-14-42(73)59-17-8-20-86-54-46(62-34(2)69)52(80)49(77)39(28-66)89-54)32-84-24-15-43(74)60-18-9-21-87-55-47(63-35(3)70)53(81)50(78)40(29-67)90-55/h36,38-40,45-55,65-67,76-81H,7-32H2,1-6H3,(H,58,72)(H,59,73)(H,60,74)(H,61,68)(H,62,69)(H,63,70)(H,64,75)/t36?,38-,39?,40?,45?,46?,47?,48+,49+,50+,51-,52-,53-,54-,55-,57?/m1/s1. The zero-order valence-corrected chi connectivity index (χ0v) is 52.5. The zero-order chi connectivity index (χ0) is 67.0. The molecular weight excluding hydrogens is 1200 g/mol. The van der Waals surface area contributed by atoms with Crippen molar-refractivity contribution in [3.63, 3.8) is 0 Å². The maximum atomic E-state index is 13.8. The van der Waals surface area contributed by atoms with E-state index in [2.05, 4.69) is 37.2 Å². The van der Waals surface area contributed by atoms with Crippen LogP contribution in [-0.2, 0) is 81.0 Å². The summed E-state index contributed by atoms with van der Waals surface area (Å²) < 4.78 is 52.1. The molecule has 520 valence electrons. The summed E-state index contributed by atoms with van der Waals surface area (Å²) in [5, 5.41) is 110. The highest BCUT2D eigenvalue weighted by atomic mass is 16.7. The van der Waals surface area contributed by atoms with Gasteiger partial charge in [-0.3, -0.25) is 38.4 Å². The number of aliphatic hydroxyl groups is 9. The number of carbonyl (C=O) groups is 8. The molecule has 1 saturated carbocycles. The highest BCUT2D eigenvalue weighted by Gasteiger charge is 2.47. The van der Waals surface area contributed by atoms with Crippen molar-refractivity contribution in [2.45, 2.75) is 203 Å². The number of hydrogen-bond donors (Lipinski definition) is 16. The third kappa shape index (κ3) is 29.5. The van der Waals surface area contributed by atoms with Gasteiger partial charge in [0, 0.05) is 98.1 Å². The number of aliphatic hydroxyl groups excluding tert-OH is 9. The summed E-state index contributed by atoms with van der Waals surface area (Å²) in [4.78, 5) is 101. The SMILES string of the molecule is CC(=O)NC1[C@H](OCCCNC(=O)CCOCC(COCCC(=O)NCCCO[C@@H]2OC(CO)[C@H](O)[C@H](O)C2NC(C)=O)(COCCC(=O)NCCCO[C@@H]2CC(CO)[C@H](O)[C@H](O)C2NC(C)=O)NC(=O)CCC(=O)CCOC(C)(C)C)OC(CO)[C@H](O)[C@@H]1O. The lowest BCUT2D eigenvalue weighted by atomic mass is 9.79. The Morgan fingerprint density at radius 1 is 0.456 bits per heavy atom. The number of carbonyl (C=O) groups excluding carboxylic acids is 8. The van der Waals surface area contributed by atoms with Crippen LogP contribution in [-0.4, -0.2) is 295 Å². The Kier molecular flexibility index (Phi) is 36.9. The summed E-state index contributed by atoms with van der Waals surface area (Å²) in [7, 11) is 0. The van der Waals surface area contributed by atoms with E-state index in [0.717, 1.165) is 0 Å². The molecular formula is C57H101N7O26. The van der Waals surface area contributed by atoms with E-state index in [1.54, 1.807) is 0 Å². The second-order valence-corrected chi connectivity index (χ2v) is 23.5. The Morgan fingerprint density at radius 3 is 1.24 bits per heavy atom. The number of rotatable bonds is 43. The molecule has 1 aliphatic carbocycles. The molecule has 3 aliphatic rings. The van der Waals surface area contributed by atoms with Crippen molar-refractivity contribution in [2.24, 2.45) is 5.92 Å². The van der Waals surface area contributed by atoms with Gasteiger partial charge in [0.2, 0.25) is 41.4 Å². The van der Waals surface area contributed by atoms with E-state index in [-0.39, 0.29) is 149 Å². The molecule has 6 unspecified atom stereocenters. The van der Waals surface area contributed by atoms with Crippen molar-refractivity contribution < 1.29 is 127 Å². The first-order chi connectivity index (χ1) is 42.6. The second kappa shape index (κ2) is 41.7. The molecule has 2 heterocycles. The first kappa shape index (κ1) is 79.5. The van der Waals surface area contributed by atoms with E-state index < -0.39 is 164 Å². The van der Waals surface area contributed by atoms with Crippen LogP contribution in [0.1, 0.15) is 106 Å². The van der Waals surface area contributed by atoms with Gasteiger partial charge < -0.3 is 126 Å². The minimum Gasteiger partial charge on any atom is -0.396 e. The lowest BCUT2D eigenvalue weighted by molar-refractivity contribution is -0.270. The van der Waals surface area contributed by atoms with E-state index in [1.807, 2.05) is 20.8 Å². The fourth-order valence-electron chi connectivity index (χ4n) is 9.83. The number of Topliss-reactive ketones (excluding diaryl/α,β-unsaturated/α-hetero) is 1. The maximum absolute atomic E-state index is 13.8. The summed E-state index contributed by atoms with van der Waals surface area (Å²) in [5.41, 5.74) is -2.05. The van der Waals surface area contributed by atoms with Crippen LogP contribution in [0.5, 0.6) is 0 Å². The molecule has 15 atom stereocenters. The topological polar surface area (TPSA) is 486 Å². The number of ketones is 1. The Bertz CT molecular complexity index is 1990. The minimum absolute atomic E-state index is 0.0368. The first-order valence-corrected chi connectivity index (χ1v) is 30.5. The van der Waals surface area contributed by atoms with Gasteiger partial charge in [0.05, 0.1) is 96.5 Å². The van der Waals surface area contributed by atoms with Crippen LogP contribution in [0, 0.1) is 5.92 Å². The Hall–Kier alpha value is -4.76. The molecule has 3 rings (SSSR count). The zero-order valence-electron chi connectivity index (χ0n) is 52.5. The molecule has 0 aromatic carbocycles. The van der Waals surface area contributed by atoms with Gasteiger partial charge in [0.1, 0.15) is 66.1 Å². The number of ether oxygens (including phenoxy) is 9. The van der Waals surface area contributed by atoms with Crippen LogP contribution >= 0.6 is 0 Å². The van der Waals surface area contributed by atoms with Gasteiger partial charge in [-0.2, -0.15) is 0 Å². The van der Waals surface area contributed by atoms with E-state index in [9.17, 15) is 84.3 Å². The van der Waals surface area contributed by atoms with Crippen LogP contribution in [0.25, 0.3) is 0 Å². The molecule has 2 saturated heterocycles. The van der Waals surface area contributed by atoms with Gasteiger partial charge in [0.15, 0.2) is 12.6 Å². The van der Waals surface area contributed by atoms with E-state index in [4.69, 9.17) is 42.6 Å². The van der Waals surface area contributed by atoms with Crippen LogP contribution in [0.3, 0.4) is 0 Å². The summed E-state index contributed by atoms with van der Waals surface area (Å²) in [5.74, 6) is -4.38. The third-order valence-corrected chi connectivity index (χ3v) is 14.6. The molecule has 0 aromatic heterocycles. The van der Waals surface area contributed by atoms with E-state index in [1.165, 1.54) is 20.8 Å².